The minimum Gasteiger partial charge on any atom is -0.452 e. The molecule has 1 N–H and O–H groups in total. The maximum atomic E-state index is 14.0. The van der Waals surface area contributed by atoms with Crippen LogP contribution in [0.2, 0.25) is 0 Å². The van der Waals surface area contributed by atoms with E-state index in [9.17, 15) is 19.2 Å². The van der Waals surface area contributed by atoms with Crippen molar-refractivity contribution < 1.29 is 23.9 Å². The van der Waals surface area contributed by atoms with Gasteiger partial charge in [0.2, 0.25) is 11.8 Å². The lowest BCUT2D eigenvalue weighted by Crippen LogP contribution is -2.41. The first-order valence-corrected chi connectivity index (χ1v) is 14.1. The summed E-state index contributed by atoms with van der Waals surface area (Å²) in [5.74, 6) is -3.20. The van der Waals surface area contributed by atoms with Crippen molar-refractivity contribution in [3.8, 4) is 0 Å². The lowest BCUT2D eigenvalue weighted by molar-refractivity contribution is -0.122. The fraction of sp³-hybridized carbons (Fsp3) is 0.152. The van der Waals surface area contributed by atoms with E-state index in [-0.39, 0.29) is 29.2 Å². The van der Waals surface area contributed by atoms with E-state index in [2.05, 4.69) is 45.5 Å². The third-order valence-electron chi connectivity index (χ3n) is 8.25. The first-order chi connectivity index (χ1) is 19.9. The molecule has 1 saturated heterocycles. The van der Waals surface area contributed by atoms with E-state index in [1.54, 1.807) is 36.4 Å². The molecule has 1 aliphatic heterocycles. The van der Waals surface area contributed by atoms with E-state index in [0.29, 0.717) is 11.4 Å². The van der Waals surface area contributed by atoms with Gasteiger partial charge in [0, 0.05) is 22.0 Å². The van der Waals surface area contributed by atoms with E-state index in [1.165, 1.54) is 17.0 Å². The molecule has 7 nitrogen and oxygen atoms in total. The number of carbonyl (C=O) groups is 4. The minimum absolute atomic E-state index is 0.143. The molecule has 202 valence electrons. The predicted molar refractivity (Wildman–Crippen MR) is 156 cm³/mol. The Morgan fingerprint density at radius 3 is 1.80 bits per heavy atom. The highest BCUT2D eigenvalue weighted by Crippen LogP contribution is 2.61. The Hall–Kier alpha value is -4.56. The first-order valence-electron chi connectivity index (χ1n) is 13.3. The Kier molecular flexibility index (Phi) is 6.08. The molecule has 1 fully saturated rings. The number of imide groups is 1. The summed E-state index contributed by atoms with van der Waals surface area (Å²) in [6, 6.07) is 29.4. The minimum atomic E-state index is -0.728. The first kappa shape index (κ1) is 25.4. The average Bonchev–Trinajstić information content (AvgIpc) is 3.27. The smallest absolute Gasteiger partial charge is 0.338 e. The highest BCUT2D eigenvalue weighted by molar-refractivity contribution is 9.10. The lowest BCUT2D eigenvalue weighted by atomic mass is 9.55. The number of halogens is 1. The fourth-order valence-corrected chi connectivity index (χ4v) is 6.91. The Labute approximate surface area is 244 Å². The zero-order valence-electron chi connectivity index (χ0n) is 21.6. The van der Waals surface area contributed by atoms with Gasteiger partial charge in [-0.15, -0.1) is 0 Å². The van der Waals surface area contributed by atoms with Crippen LogP contribution in [0.5, 0.6) is 0 Å². The van der Waals surface area contributed by atoms with Crippen LogP contribution in [-0.4, -0.2) is 30.3 Å². The number of amides is 3. The van der Waals surface area contributed by atoms with Crippen molar-refractivity contribution in [1.29, 1.82) is 0 Å². The molecule has 8 heteroatoms. The molecule has 2 bridgehead atoms. The fourth-order valence-electron chi connectivity index (χ4n) is 6.65. The van der Waals surface area contributed by atoms with Gasteiger partial charge >= 0.3 is 5.97 Å². The second kappa shape index (κ2) is 9.82. The van der Waals surface area contributed by atoms with Gasteiger partial charge in [-0.1, -0.05) is 70.5 Å². The van der Waals surface area contributed by atoms with Crippen LogP contribution in [0.4, 0.5) is 11.4 Å². The summed E-state index contributed by atoms with van der Waals surface area (Å²) in [7, 11) is 0. The standard InChI is InChI=1S/C33H23BrN2O5/c34-19-12-14-20(15-13-19)35-26(37)17-41-33(40)18-6-5-7-21(16-18)36-31(38)29-27-22-8-1-2-9-23(22)28(30(29)32(36)39)25-11-4-3-10-24(25)27/h1-16,27-30H,17H2,(H,35,37)/t27?,28?,29-,30-/m0/s1. The van der Waals surface area contributed by atoms with Crippen LogP contribution in [0.15, 0.2) is 102 Å². The second-order valence-electron chi connectivity index (χ2n) is 10.5. The molecule has 0 spiro atoms. The third-order valence-corrected chi connectivity index (χ3v) is 8.78. The SMILES string of the molecule is O=C(COC(=O)c1cccc(N2C(=O)[C@H]3C4c5ccccc5C(c5ccccc54)[C@@H]3C2=O)c1)Nc1ccc(Br)cc1. The van der Waals surface area contributed by atoms with E-state index in [4.69, 9.17) is 4.74 Å². The molecule has 41 heavy (non-hydrogen) atoms. The van der Waals surface area contributed by atoms with Crippen LogP contribution in [0.3, 0.4) is 0 Å². The van der Waals surface area contributed by atoms with Gasteiger partial charge in [0.25, 0.3) is 5.91 Å². The van der Waals surface area contributed by atoms with Crippen molar-refractivity contribution in [3.63, 3.8) is 0 Å². The zero-order chi connectivity index (χ0) is 28.2. The van der Waals surface area contributed by atoms with E-state index < -0.39 is 30.3 Å². The summed E-state index contributed by atoms with van der Waals surface area (Å²) in [6.07, 6.45) is 0. The number of rotatable bonds is 5. The number of hydrogen-bond acceptors (Lipinski definition) is 5. The molecule has 1 heterocycles. The summed E-state index contributed by atoms with van der Waals surface area (Å²) in [6.45, 7) is -0.481. The number of anilines is 2. The monoisotopic (exact) mass is 606 g/mol. The molecular formula is C33H23BrN2O5. The van der Waals surface area contributed by atoms with Crippen LogP contribution in [0.25, 0.3) is 0 Å². The molecule has 0 aromatic heterocycles. The normalized spacial score (nSPS) is 21.6. The van der Waals surface area contributed by atoms with Crippen LogP contribution in [0, 0.1) is 11.8 Å². The number of carbonyl (C=O) groups excluding carboxylic acids is 4. The maximum Gasteiger partial charge on any atom is 0.338 e. The number of nitrogens with one attached hydrogen (secondary N) is 1. The third kappa shape index (κ3) is 4.09. The van der Waals surface area contributed by atoms with Gasteiger partial charge in [-0.3, -0.25) is 14.4 Å². The number of nitrogens with zero attached hydrogens (tertiary/aromatic N) is 1. The van der Waals surface area contributed by atoms with Crippen molar-refractivity contribution in [2.24, 2.45) is 11.8 Å². The molecule has 4 aromatic rings. The molecule has 2 atom stereocenters. The summed E-state index contributed by atoms with van der Waals surface area (Å²) in [5.41, 5.74) is 5.42. The van der Waals surface area contributed by atoms with Gasteiger partial charge in [-0.2, -0.15) is 0 Å². The number of esters is 1. The van der Waals surface area contributed by atoms with Crippen molar-refractivity contribution >= 4 is 51.0 Å². The Morgan fingerprint density at radius 2 is 1.27 bits per heavy atom. The van der Waals surface area contributed by atoms with Crippen LogP contribution >= 0.6 is 15.9 Å². The van der Waals surface area contributed by atoms with Crippen molar-refractivity contribution in [2.75, 3.05) is 16.8 Å². The number of benzene rings is 4. The molecule has 3 aliphatic carbocycles. The van der Waals surface area contributed by atoms with Crippen molar-refractivity contribution in [2.45, 2.75) is 11.8 Å². The molecule has 3 amide bonds. The Morgan fingerprint density at radius 1 is 0.732 bits per heavy atom. The van der Waals surface area contributed by atoms with E-state index in [0.717, 1.165) is 26.7 Å². The Balaban J connectivity index is 1.13. The molecule has 8 rings (SSSR count). The number of hydrogen-bond donors (Lipinski definition) is 1. The quantitative estimate of drug-likeness (QED) is 0.234. The summed E-state index contributed by atoms with van der Waals surface area (Å²) >= 11 is 3.34. The largest absolute Gasteiger partial charge is 0.452 e. The highest BCUT2D eigenvalue weighted by atomic mass is 79.9. The average molecular weight is 607 g/mol. The maximum absolute atomic E-state index is 14.0. The van der Waals surface area contributed by atoms with Crippen LogP contribution in [0.1, 0.15) is 44.4 Å². The number of ether oxygens (including phenoxy) is 1. The molecule has 4 aromatic carbocycles. The molecule has 0 radical (unpaired) electrons. The highest BCUT2D eigenvalue weighted by Gasteiger charge is 2.61. The van der Waals surface area contributed by atoms with E-state index in [1.807, 2.05) is 24.3 Å². The Bertz CT molecular complexity index is 1640. The van der Waals surface area contributed by atoms with Crippen molar-refractivity contribution in [3.05, 3.63) is 129 Å². The van der Waals surface area contributed by atoms with Crippen LogP contribution < -0.4 is 10.2 Å². The predicted octanol–water partition coefficient (Wildman–Crippen LogP) is 5.64. The molecular weight excluding hydrogens is 584 g/mol. The topological polar surface area (TPSA) is 92.8 Å². The summed E-state index contributed by atoms with van der Waals surface area (Å²) in [4.78, 5) is 54.3. The molecule has 4 aliphatic rings. The van der Waals surface area contributed by atoms with Gasteiger partial charge in [0.15, 0.2) is 6.61 Å². The molecule has 0 saturated carbocycles. The van der Waals surface area contributed by atoms with Crippen molar-refractivity contribution in [1.82, 2.24) is 0 Å². The lowest BCUT2D eigenvalue weighted by Gasteiger charge is -2.45. The van der Waals surface area contributed by atoms with Gasteiger partial charge in [-0.05, 0) is 64.7 Å². The van der Waals surface area contributed by atoms with Crippen LogP contribution in [-0.2, 0) is 19.1 Å². The van der Waals surface area contributed by atoms with Gasteiger partial charge in [0.1, 0.15) is 0 Å². The van der Waals surface area contributed by atoms with E-state index >= 15 is 0 Å². The molecule has 0 unspecified atom stereocenters. The van der Waals surface area contributed by atoms with Gasteiger partial charge < -0.3 is 10.1 Å². The summed E-state index contributed by atoms with van der Waals surface area (Å²) < 4.78 is 6.10. The summed E-state index contributed by atoms with van der Waals surface area (Å²) in [5, 5.41) is 2.67. The van der Waals surface area contributed by atoms with Gasteiger partial charge in [0.05, 0.1) is 23.1 Å². The second-order valence-corrected chi connectivity index (χ2v) is 11.4. The van der Waals surface area contributed by atoms with Gasteiger partial charge in [-0.25, -0.2) is 9.69 Å². The zero-order valence-corrected chi connectivity index (χ0v) is 23.2.